The van der Waals surface area contributed by atoms with E-state index in [0.29, 0.717) is 24.9 Å². The molecular formula is C20H21F2N3O4. The van der Waals surface area contributed by atoms with Gasteiger partial charge in [0.05, 0.1) is 12.6 Å². The van der Waals surface area contributed by atoms with Crippen molar-refractivity contribution in [2.45, 2.75) is 32.2 Å². The van der Waals surface area contributed by atoms with Crippen LogP contribution in [0.25, 0.3) is 0 Å². The summed E-state index contributed by atoms with van der Waals surface area (Å²) < 4.78 is 35.4. The SMILES string of the molecule is C[C@H]1c2ccc(F)c(F)c2OCCCCCN2CN1n1ccc(=O)c(O)c1C2=O. The fraction of sp³-hybridized carbons (Fsp3) is 0.400. The smallest absolute Gasteiger partial charge is 0.277 e. The summed E-state index contributed by atoms with van der Waals surface area (Å²) in [7, 11) is 0. The van der Waals surface area contributed by atoms with E-state index in [1.54, 1.807) is 16.8 Å². The average Bonchev–Trinajstić information content (AvgIpc) is 2.70. The lowest BCUT2D eigenvalue weighted by Crippen LogP contribution is -2.55. The largest absolute Gasteiger partial charge is 0.502 e. The number of hydrogen-bond acceptors (Lipinski definition) is 5. The van der Waals surface area contributed by atoms with Crippen LogP contribution in [0.3, 0.4) is 0 Å². The number of rotatable bonds is 0. The van der Waals surface area contributed by atoms with E-state index < -0.39 is 34.8 Å². The first-order valence-corrected chi connectivity index (χ1v) is 9.51. The number of amides is 1. The number of benzene rings is 1. The Kier molecular flexibility index (Phi) is 4.89. The van der Waals surface area contributed by atoms with Crippen molar-refractivity contribution in [1.29, 1.82) is 0 Å². The second-order valence-electron chi connectivity index (χ2n) is 7.24. The quantitative estimate of drug-likeness (QED) is 0.729. The van der Waals surface area contributed by atoms with Gasteiger partial charge in [0.25, 0.3) is 5.91 Å². The van der Waals surface area contributed by atoms with Crippen LogP contribution in [0.4, 0.5) is 8.78 Å². The van der Waals surface area contributed by atoms with Crippen LogP contribution in [0.15, 0.2) is 29.2 Å². The third-order valence-corrected chi connectivity index (χ3v) is 5.43. The van der Waals surface area contributed by atoms with Crippen molar-refractivity contribution in [1.82, 2.24) is 9.58 Å². The number of fused-ring (bicyclic) bond motifs is 5. The molecule has 1 amide bonds. The van der Waals surface area contributed by atoms with E-state index in [4.69, 9.17) is 4.74 Å². The highest BCUT2D eigenvalue weighted by Gasteiger charge is 2.35. The minimum Gasteiger partial charge on any atom is -0.502 e. The number of aromatic nitrogens is 1. The monoisotopic (exact) mass is 405 g/mol. The van der Waals surface area contributed by atoms with Gasteiger partial charge in [-0.15, -0.1) is 0 Å². The number of ether oxygens (including phenoxy) is 1. The predicted octanol–water partition coefficient (Wildman–Crippen LogP) is 2.51. The average molecular weight is 405 g/mol. The molecule has 3 heterocycles. The minimum atomic E-state index is -1.06. The van der Waals surface area contributed by atoms with E-state index >= 15 is 0 Å². The van der Waals surface area contributed by atoms with Crippen LogP contribution in [-0.2, 0) is 0 Å². The Morgan fingerprint density at radius 3 is 2.72 bits per heavy atom. The topological polar surface area (TPSA) is 75.0 Å². The van der Waals surface area contributed by atoms with Gasteiger partial charge in [0, 0.05) is 24.4 Å². The van der Waals surface area contributed by atoms with Gasteiger partial charge in [0.1, 0.15) is 6.67 Å². The molecule has 2 bridgehead atoms. The lowest BCUT2D eigenvalue weighted by Gasteiger charge is -2.43. The molecule has 4 rings (SSSR count). The highest BCUT2D eigenvalue weighted by Crippen LogP contribution is 2.35. The van der Waals surface area contributed by atoms with Crippen molar-refractivity contribution in [2.24, 2.45) is 0 Å². The molecular weight excluding hydrogens is 384 g/mol. The second kappa shape index (κ2) is 7.38. The maximum absolute atomic E-state index is 14.5. The van der Waals surface area contributed by atoms with E-state index in [1.807, 2.05) is 0 Å². The van der Waals surface area contributed by atoms with Gasteiger partial charge >= 0.3 is 0 Å². The fourth-order valence-corrected chi connectivity index (χ4v) is 3.81. The molecule has 1 aromatic carbocycles. The summed E-state index contributed by atoms with van der Waals surface area (Å²) in [6.07, 6.45) is 3.42. The van der Waals surface area contributed by atoms with Gasteiger partial charge < -0.3 is 14.7 Å². The Morgan fingerprint density at radius 2 is 1.93 bits per heavy atom. The van der Waals surface area contributed by atoms with Gasteiger partial charge in [-0.05, 0) is 32.3 Å². The van der Waals surface area contributed by atoms with Crippen LogP contribution < -0.4 is 15.2 Å². The van der Waals surface area contributed by atoms with Crippen LogP contribution in [0.1, 0.15) is 48.3 Å². The zero-order chi connectivity index (χ0) is 20.7. The third-order valence-electron chi connectivity index (χ3n) is 5.43. The normalized spacial score (nSPS) is 19.6. The molecule has 2 aliphatic heterocycles. The van der Waals surface area contributed by atoms with Crippen LogP contribution in [0.5, 0.6) is 11.5 Å². The van der Waals surface area contributed by atoms with Crippen LogP contribution in [-0.4, -0.2) is 40.4 Å². The first-order valence-electron chi connectivity index (χ1n) is 9.51. The predicted molar refractivity (Wildman–Crippen MR) is 101 cm³/mol. The van der Waals surface area contributed by atoms with Gasteiger partial charge in [-0.25, -0.2) is 4.39 Å². The number of halogens is 2. The first-order chi connectivity index (χ1) is 13.9. The Morgan fingerprint density at radius 1 is 1.14 bits per heavy atom. The zero-order valence-electron chi connectivity index (χ0n) is 15.9. The summed E-state index contributed by atoms with van der Waals surface area (Å²) >= 11 is 0. The van der Waals surface area contributed by atoms with Crippen molar-refractivity contribution < 1.29 is 23.4 Å². The summed E-state index contributed by atoms with van der Waals surface area (Å²) in [5, 5.41) is 12.0. The molecule has 0 saturated carbocycles. The highest BCUT2D eigenvalue weighted by atomic mass is 19.2. The van der Waals surface area contributed by atoms with Gasteiger partial charge in [-0.3, -0.25) is 19.3 Å². The van der Waals surface area contributed by atoms with Crippen molar-refractivity contribution >= 4 is 5.91 Å². The molecule has 1 atom stereocenters. The standard InChI is InChI=1S/C20H21F2N3O4/c1-12-13-5-6-14(21)16(22)19(13)29-10-4-2-3-8-23-11-25(12)24-9-7-15(26)18(27)17(24)20(23)28/h5-7,9,12,27H,2-4,8,10-11H2,1H3/t12-/m0/s1. The van der Waals surface area contributed by atoms with Crippen LogP contribution in [0, 0.1) is 11.6 Å². The first kappa shape index (κ1) is 19.2. The van der Waals surface area contributed by atoms with Crippen molar-refractivity contribution in [3.05, 3.63) is 57.5 Å². The lowest BCUT2D eigenvalue weighted by molar-refractivity contribution is 0.0671. The fourth-order valence-electron chi connectivity index (χ4n) is 3.81. The van der Waals surface area contributed by atoms with E-state index in [1.165, 1.54) is 16.9 Å². The molecule has 0 radical (unpaired) electrons. The summed E-state index contributed by atoms with van der Waals surface area (Å²) in [6.45, 7) is 2.60. The van der Waals surface area contributed by atoms with Gasteiger partial charge in [-0.2, -0.15) is 4.39 Å². The Hall–Kier alpha value is -3.10. The summed E-state index contributed by atoms with van der Waals surface area (Å²) in [5.41, 5.74) is -0.391. The Bertz CT molecular complexity index is 1020. The molecule has 29 heavy (non-hydrogen) atoms. The van der Waals surface area contributed by atoms with Crippen LogP contribution in [0.2, 0.25) is 0 Å². The van der Waals surface area contributed by atoms with Crippen LogP contribution >= 0.6 is 0 Å². The number of carbonyl (C=O) groups excluding carboxylic acids is 1. The van der Waals surface area contributed by atoms with Gasteiger partial charge in [-0.1, -0.05) is 6.07 Å². The third kappa shape index (κ3) is 3.20. The Balaban J connectivity index is 1.89. The summed E-state index contributed by atoms with van der Waals surface area (Å²) in [4.78, 5) is 26.4. The lowest BCUT2D eigenvalue weighted by atomic mass is 10.1. The van der Waals surface area contributed by atoms with Crippen molar-refractivity contribution in [3.8, 4) is 11.5 Å². The molecule has 2 aromatic rings. The molecule has 1 aromatic heterocycles. The van der Waals surface area contributed by atoms with Crippen molar-refractivity contribution in [2.75, 3.05) is 24.8 Å². The molecule has 0 unspecified atom stereocenters. The van der Waals surface area contributed by atoms with Gasteiger partial charge in [0.2, 0.25) is 11.2 Å². The summed E-state index contributed by atoms with van der Waals surface area (Å²) in [5.74, 6) is -3.29. The number of pyridine rings is 1. The minimum absolute atomic E-state index is 0.141. The molecule has 0 aliphatic carbocycles. The number of nitrogens with zero attached hydrogens (tertiary/aromatic N) is 3. The highest BCUT2D eigenvalue weighted by molar-refractivity contribution is 5.96. The molecule has 0 saturated heterocycles. The van der Waals surface area contributed by atoms with Gasteiger partial charge in [0.15, 0.2) is 23.0 Å². The van der Waals surface area contributed by atoms with E-state index in [0.717, 1.165) is 18.6 Å². The molecule has 1 N–H and O–H groups in total. The molecule has 154 valence electrons. The molecule has 0 spiro atoms. The molecule has 0 fully saturated rings. The Labute approximate surface area is 165 Å². The molecule has 2 aliphatic rings. The number of hydrogen-bond donors (Lipinski definition) is 1. The van der Waals surface area contributed by atoms with Crippen molar-refractivity contribution in [3.63, 3.8) is 0 Å². The number of aromatic hydroxyl groups is 1. The molecule has 9 heteroatoms. The maximum Gasteiger partial charge on any atom is 0.277 e. The van der Waals surface area contributed by atoms with E-state index in [9.17, 15) is 23.5 Å². The summed E-state index contributed by atoms with van der Waals surface area (Å²) in [6, 6.07) is 3.10. The van der Waals surface area contributed by atoms with E-state index in [2.05, 4.69) is 0 Å². The zero-order valence-corrected chi connectivity index (χ0v) is 15.9. The maximum atomic E-state index is 14.5. The second-order valence-corrected chi connectivity index (χ2v) is 7.24. The molecule has 7 nitrogen and oxygen atoms in total. The van der Waals surface area contributed by atoms with E-state index in [-0.39, 0.29) is 24.7 Å². The number of carbonyl (C=O) groups is 1.